The van der Waals surface area contributed by atoms with Gasteiger partial charge in [0.1, 0.15) is 0 Å². The van der Waals surface area contributed by atoms with Crippen molar-refractivity contribution in [3.8, 4) is 17.2 Å². The first-order valence-electron chi connectivity index (χ1n) is 7.27. The summed E-state index contributed by atoms with van der Waals surface area (Å²) in [7, 11) is 0. The molecule has 2 heterocycles. The van der Waals surface area contributed by atoms with Crippen LogP contribution in [0, 0.1) is 11.3 Å². The smallest absolute Gasteiger partial charge is 0.319 e. The number of urea groups is 1. The van der Waals surface area contributed by atoms with Crippen molar-refractivity contribution in [2.75, 3.05) is 5.32 Å². The van der Waals surface area contributed by atoms with Crippen molar-refractivity contribution >= 4 is 23.1 Å². The van der Waals surface area contributed by atoms with Gasteiger partial charge < -0.3 is 10.6 Å². The second kappa shape index (κ2) is 7.40. The Morgan fingerprint density at radius 3 is 3.00 bits per heavy atom. The molecule has 0 radical (unpaired) electrons. The van der Waals surface area contributed by atoms with Crippen LogP contribution in [0.5, 0.6) is 0 Å². The van der Waals surface area contributed by atoms with E-state index in [9.17, 15) is 4.79 Å². The number of hydrogen-bond donors (Lipinski definition) is 2. The van der Waals surface area contributed by atoms with Gasteiger partial charge in [0.25, 0.3) is 0 Å². The van der Waals surface area contributed by atoms with Crippen LogP contribution >= 0.6 is 11.3 Å². The average Bonchev–Trinajstić information content (AvgIpc) is 3.15. The fourth-order valence-electron chi connectivity index (χ4n) is 2.28. The van der Waals surface area contributed by atoms with Gasteiger partial charge in [0.2, 0.25) is 0 Å². The lowest BCUT2D eigenvalue weighted by atomic mass is 10.1. The number of aromatic nitrogens is 1. The number of carbonyl (C=O) groups is 1. The fourth-order valence-corrected chi connectivity index (χ4v) is 2.94. The summed E-state index contributed by atoms with van der Waals surface area (Å²) in [5.41, 5.74) is 4.19. The van der Waals surface area contributed by atoms with Crippen LogP contribution in [0.2, 0.25) is 0 Å². The Morgan fingerprint density at radius 2 is 2.21 bits per heavy atom. The van der Waals surface area contributed by atoms with E-state index in [1.807, 2.05) is 23.6 Å². The van der Waals surface area contributed by atoms with Gasteiger partial charge in [0.15, 0.2) is 0 Å². The molecule has 0 spiro atoms. The minimum absolute atomic E-state index is 0.329. The Balaban J connectivity index is 1.66. The number of benzene rings is 1. The third-order valence-electron chi connectivity index (χ3n) is 3.42. The maximum atomic E-state index is 12.1. The molecule has 5 nitrogen and oxygen atoms in total. The number of thiophene rings is 1. The van der Waals surface area contributed by atoms with Crippen molar-refractivity contribution in [1.82, 2.24) is 10.3 Å². The Bertz CT molecular complexity index is 884. The van der Waals surface area contributed by atoms with Gasteiger partial charge in [-0.3, -0.25) is 4.98 Å². The van der Waals surface area contributed by atoms with Gasteiger partial charge in [0, 0.05) is 24.6 Å². The van der Waals surface area contributed by atoms with Crippen LogP contribution in [0.25, 0.3) is 11.1 Å². The molecule has 24 heavy (non-hydrogen) atoms. The molecule has 2 amide bonds. The first-order valence-corrected chi connectivity index (χ1v) is 8.21. The maximum Gasteiger partial charge on any atom is 0.319 e. The highest BCUT2D eigenvalue weighted by atomic mass is 32.1. The Labute approximate surface area is 143 Å². The molecular formula is C18H14N4OS. The summed E-state index contributed by atoms with van der Waals surface area (Å²) in [6.45, 7) is 0.364. The molecule has 0 atom stereocenters. The molecule has 0 aliphatic carbocycles. The zero-order chi connectivity index (χ0) is 16.8. The number of rotatable bonds is 4. The average molecular weight is 334 g/mol. The van der Waals surface area contributed by atoms with Crippen LogP contribution in [-0.2, 0) is 6.54 Å². The van der Waals surface area contributed by atoms with Crippen LogP contribution in [-0.4, -0.2) is 11.0 Å². The third kappa shape index (κ3) is 3.77. The molecule has 0 fully saturated rings. The highest BCUT2D eigenvalue weighted by Crippen LogP contribution is 2.25. The highest BCUT2D eigenvalue weighted by Gasteiger charge is 2.08. The van der Waals surface area contributed by atoms with Crippen molar-refractivity contribution < 1.29 is 4.79 Å². The minimum Gasteiger partial charge on any atom is -0.334 e. The van der Waals surface area contributed by atoms with Gasteiger partial charge in [-0.25, -0.2) is 4.79 Å². The molecule has 1 aromatic carbocycles. The molecule has 0 bridgehead atoms. The highest BCUT2D eigenvalue weighted by molar-refractivity contribution is 7.08. The van der Waals surface area contributed by atoms with Gasteiger partial charge in [-0.1, -0.05) is 6.07 Å². The van der Waals surface area contributed by atoms with Crippen LogP contribution in [0.4, 0.5) is 10.5 Å². The van der Waals surface area contributed by atoms with Gasteiger partial charge >= 0.3 is 6.03 Å². The lowest BCUT2D eigenvalue weighted by Gasteiger charge is -2.10. The third-order valence-corrected chi connectivity index (χ3v) is 4.11. The molecule has 0 saturated carbocycles. The predicted octanol–water partition coefficient (Wildman–Crippen LogP) is 4.00. The van der Waals surface area contributed by atoms with Gasteiger partial charge in [-0.2, -0.15) is 16.6 Å². The fraction of sp³-hybridized carbons (Fsp3) is 0.0556. The molecule has 118 valence electrons. The monoisotopic (exact) mass is 334 g/mol. The molecule has 2 N–H and O–H groups in total. The molecule has 2 aromatic heterocycles. The first-order chi connectivity index (χ1) is 11.8. The summed E-state index contributed by atoms with van der Waals surface area (Å²) in [6, 6.07) is 12.5. The number of hydrogen-bond acceptors (Lipinski definition) is 4. The summed E-state index contributed by atoms with van der Waals surface area (Å²) >= 11 is 1.63. The zero-order valence-corrected chi connectivity index (χ0v) is 13.5. The van der Waals surface area contributed by atoms with E-state index in [-0.39, 0.29) is 6.03 Å². The standard InChI is InChI=1S/C18H14N4OS/c19-9-13-2-1-3-16(8-13)22-18(23)21-11-15-10-20-6-4-17(15)14-5-7-24-12-14/h1-8,10,12H,11H2,(H2,21,22,23). The molecule has 3 rings (SSSR count). The Morgan fingerprint density at radius 1 is 1.29 bits per heavy atom. The zero-order valence-electron chi connectivity index (χ0n) is 12.7. The molecule has 6 heteroatoms. The van der Waals surface area contributed by atoms with E-state index in [1.165, 1.54) is 0 Å². The normalized spacial score (nSPS) is 9.96. The van der Waals surface area contributed by atoms with Gasteiger partial charge in [-0.15, -0.1) is 0 Å². The maximum absolute atomic E-state index is 12.1. The lowest BCUT2D eigenvalue weighted by Crippen LogP contribution is -2.28. The number of amides is 2. The molecule has 0 aliphatic rings. The van der Waals surface area contributed by atoms with E-state index in [4.69, 9.17) is 5.26 Å². The lowest BCUT2D eigenvalue weighted by molar-refractivity contribution is 0.252. The molecule has 3 aromatic rings. The van der Waals surface area contributed by atoms with Crippen LogP contribution in [0.15, 0.2) is 59.6 Å². The van der Waals surface area contributed by atoms with Crippen molar-refractivity contribution in [3.63, 3.8) is 0 Å². The van der Waals surface area contributed by atoms with E-state index < -0.39 is 0 Å². The minimum atomic E-state index is -0.329. The second-order valence-corrected chi connectivity index (χ2v) is 5.83. The van der Waals surface area contributed by atoms with E-state index >= 15 is 0 Å². The van der Waals surface area contributed by atoms with Gasteiger partial charge in [-0.05, 0) is 57.8 Å². The number of nitrogens with one attached hydrogen (secondary N) is 2. The quantitative estimate of drug-likeness (QED) is 0.757. The molecule has 0 unspecified atom stereocenters. The van der Waals surface area contributed by atoms with Crippen molar-refractivity contribution in [2.24, 2.45) is 0 Å². The van der Waals surface area contributed by atoms with Crippen LogP contribution in [0.1, 0.15) is 11.1 Å². The van der Waals surface area contributed by atoms with Gasteiger partial charge in [0.05, 0.1) is 11.6 Å². The Kier molecular flexibility index (Phi) is 4.84. The number of nitrogens with zero attached hydrogens (tertiary/aromatic N) is 2. The number of carbonyl (C=O) groups excluding carboxylic acids is 1. The molecular weight excluding hydrogens is 320 g/mol. The molecule has 0 saturated heterocycles. The van der Waals surface area contributed by atoms with Crippen LogP contribution in [0.3, 0.4) is 0 Å². The van der Waals surface area contributed by atoms with Crippen molar-refractivity contribution in [3.05, 3.63) is 70.7 Å². The van der Waals surface area contributed by atoms with Crippen LogP contribution < -0.4 is 10.6 Å². The summed E-state index contributed by atoms with van der Waals surface area (Å²) < 4.78 is 0. The van der Waals surface area contributed by atoms with E-state index in [2.05, 4.69) is 21.0 Å². The first kappa shape index (κ1) is 15.7. The molecule has 0 aliphatic heterocycles. The SMILES string of the molecule is N#Cc1cccc(NC(=O)NCc2cnccc2-c2ccsc2)c1. The predicted molar refractivity (Wildman–Crippen MR) is 94.6 cm³/mol. The van der Waals surface area contributed by atoms with Crippen molar-refractivity contribution in [1.29, 1.82) is 5.26 Å². The van der Waals surface area contributed by atoms with E-state index in [0.29, 0.717) is 17.8 Å². The van der Waals surface area contributed by atoms with E-state index in [1.54, 1.807) is 48.0 Å². The summed E-state index contributed by atoms with van der Waals surface area (Å²) in [6.07, 6.45) is 3.49. The largest absolute Gasteiger partial charge is 0.334 e. The number of nitriles is 1. The van der Waals surface area contributed by atoms with Crippen molar-refractivity contribution in [2.45, 2.75) is 6.54 Å². The summed E-state index contributed by atoms with van der Waals surface area (Å²) in [4.78, 5) is 16.2. The summed E-state index contributed by atoms with van der Waals surface area (Å²) in [5.74, 6) is 0. The number of pyridine rings is 1. The summed E-state index contributed by atoms with van der Waals surface area (Å²) in [5, 5.41) is 18.5. The topological polar surface area (TPSA) is 77.8 Å². The van der Waals surface area contributed by atoms with E-state index in [0.717, 1.165) is 16.7 Å². The second-order valence-electron chi connectivity index (χ2n) is 5.05. The number of anilines is 1. The Hall–Kier alpha value is -3.17.